The lowest BCUT2D eigenvalue weighted by atomic mass is 10.1. The van der Waals surface area contributed by atoms with Gasteiger partial charge < -0.3 is 9.80 Å². The van der Waals surface area contributed by atoms with Gasteiger partial charge in [0.05, 0.1) is 17.1 Å². The number of piperazine rings is 1. The first-order valence-electron chi connectivity index (χ1n) is 10.9. The third kappa shape index (κ3) is 5.11. The van der Waals surface area contributed by atoms with E-state index in [1.165, 1.54) is 30.3 Å². The number of rotatable bonds is 6. The quantitative estimate of drug-likeness (QED) is 0.401. The Hall–Kier alpha value is -3.13. The number of ketones is 1. The fraction of sp³-hybridized carbons (Fsp3) is 0.320. The Morgan fingerprint density at radius 2 is 1.76 bits per heavy atom. The summed E-state index contributed by atoms with van der Waals surface area (Å²) in [6.07, 6.45) is 3.66. The van der Waals surface area contributed by atoms with E-state index in [0.717, 1.165) is 16.4 Å². The average molecular weight is 467 g/mol. The van der Waals surface area contributed by atoms with Crippen LogP contribution in [0, 0.1) is 19.7 Å². The van der Waals surface area contributed by atoms with Gasteiger partial charge in [-0.15, -0.1) is 0 Å². The van der Waals surface area contributed by atoms with Crippen LogP contribution < -0.4 is 4.90 Å². The molecule has 8 heteroatoms. The van der Waals surface area contributed by atoms with Crippen molar-refractivity contribution >= 4 is 29.1 Å². The zero-order chi connectivity index (χ0) is 23.5. The van der Waals surface area contributed by atoms with E-state index in [-0.39, 0.29) is 11.7 Å². The maximum absolute atomic E-state index is 14.5. The van der Waals surface area contributed by atoms with Gasteiger partial charge in [-0.2, -0.15) is 0 Å². The van der Waals surface area contributed by atoms with Gasteiger partial charge in [-0.05, 0) is 50.6 Å². The number of imidazole rings is 1. The van der Waals surface area contributed by atoms with E-state index in [1.807, 2.05) is 20.6 Å². The summed E-state index contributed by atoms with van der Waals surface area (Å²) in [5, 5.41) is 0.779. The molecule has 6 nitrogen and oxygen atoms in total. The lowest BCUT2D eigenvalue weighted by molar-refractivity contribution is -0.128. The summed E-state index contributed by atoms with van der Waals surface area (Å²) >= 11 is 1.42. The van der Waals surface area contributed by atoms with Crippen molar-refractivity contribution in [1.82, 2.24) is 14.5 Å². The Bertz CT molecular complexity index is 1180. The van der Waals surface area contributed by atoms with Gasteiger partial charge in [-0.25, -0.2) is 9.37 Å². The average Bonchev–Trinajstić information content (AvgIpc) is 3.25. The number of amides is 1. The van der Waals surface area contributed by atoms with Crippen molar-refractivity contribution in [1.29, 1.82) is 0 Å². The molecule has 1 amide bonds. The second-order valence-corrected chi connectivity index (χ2v) is 9.19. The fourth-order valence-corrected chi connectivity index (χ4v) is 4.92. The first-order chi connectivity index (χ1) is 15.8. The highest BCUT2D eigenvalue weighted by Gasteiger charge is 2.23. The maximum Gasteiger partial charge on any atom is 0.233 e. The van der Waals surface area contributed by atoms with Crippen LogP contribution in [0.1, 0.15) is 28.4 Å². The molecule has 0 aliphatic carbocycles. The Kier molecular flexibility index (Phi) is 6.83. The van der Waals surface area contributed by atoms with Gasteiger partial charge >= 0.3 is 0 Å². The van der Waals surface area contributed by atoms with Crippen molar-refractivity contribution < 1.29 is 14.0 Å². The molecule has 1 aliphatic rings. The summed E-state index contributed by atoms with van der Waals surface area (Å²) in [6, 6.07) is 10.8. The van der Waals surface area contributed by atoms with Crippen molar-refractivity contribution in [3.63, 3.8) is 0 Å². The van der Waals surface area contributed by atoms with Crippen LogP contribution in [0.4, 0.5) is 10.1 Å². The summed E-state index contributed by atoms with van der Waals surface area (Å²) in [5.41, 5.74) is 4.24. The summed E-state index contributed by atoms with van der Waals surface area (Å²) < 4.78 is 16.5. The van der Waals surface area contributed by atoms with Gasteiger partial charge in [0.2, 0.25) is 5.91 Å². The second kappa shape index (κ2) is 9.79. The van der Waals surface area contributed by atoms with Gasteiger partial charge in [0.1, 0.15) is 5.82 Å². The first kappa shape index (κ1) is 23.0. The van der Waals surface area contributed by atoms with Crippen LogP contribution in [0.5, 0.6) is 0 Å². The normalized spacial score (nSPS) is 13.9. The number of carbonyl (C=O) groups is 2. The summed E-state index contributed by atoms with van der Waals surface area (Å²) in [5.74, 6) is -0.228. The molecular weight excluding hydrogens is 439 g/mol. The Labute approximate surface area is 197 Å². The monoisotopic (exact) mass is 466 g/mol. The molecule has 172 valence electrons. The Morgan fingerprint density at radius 3 is 2.42 bits per heavy atom. The van der Waals surface area contributed by atoms with Gasteiger partial charge in [-0.3, -0.25) is 14.2 Å². The van der Waals surface area contributed by atoms with Crippen LogP contribution in [-0.4, -0.2) is 58.1 Å². The number of hydrogen-bond donors (Lipinski definition) is 0. The number of hydrogen-bond acceptors (Lipinski definition) is 5. The fourth-order valence-electron chi connectivity index (χ4n) is 4.05. The molecule has 33 heavy (non-hydrogen) atoms. The molecule has 0 saturated carbocycles. The number of benzene rings is 2. The molecule has 3 aromatic rings. The smallest absolute Gasteiger partial charge is 0.233 e. The molecule has 2 heterocycles. The molecule has 1 saturated heterocycles. The minimum absolute atomic E-state index is 0.0437. The summed E-state index contributed by atoms with van der Waals surface area (Å²) in [4.78, 5) is 32.4. The maximum atomic E-state index is 14.5. The van der Waals surface area contributed by atoms with Crippen molar-refractivity contribution in [2.75, 3.05) is 36.8 Å². The number of anilines is 1. The largest absolute Gasteiger partial charge is 0.366 e. The molecule has 0 N–H and O–H groups in total. The Morgan fingerprint density at radius 1 is 1.03 bits per heavy atom. The van der Waals surface area contributed by atoms with E-state index in [1.54, 1.807) is 18.3 Å². The van der Waals surface area contributed by atoms with Crippen LogP contribution >= 0.6 is 11.8 Å². The molecule has 2 aromatic carbocycles. The van der Waals surface area contributed by atoms with Crippen LogP contribution in [0.15, 0.2) is 53.9 Å². The molecular formula is C25H27FN4O2S. The van der Waals surface area contributed by atoms with E-state index in [0.29, 0.717) is 43.2 Å². The highest BCUT2D eigenvalue weighted by Crippen LogP contribution is 2.25. The van der Waals surface area contributed by atoms with E-state index in [9.17, 15) is 14.0 Å². The number of Topliss-reactive ketones (excluding diaryl/α,β-unsaturated/α-hetero) is 1. The highest BCUT2D eigenvalue weighted by atomic mass is 32.2. The highest BCUT2D eigenvalue weighted by molar-refractivity contribution is 7.99. The molecule has 4 rings (SSSR count). The molecule has 0 spiro atoms. The topological polar surface area (TPSA) is 58.4 Å². The minimum atomic E-state index is -0.406. The predicted molar refractivity (Wildman–Crippen MR) is 129 cm³/mol. The van der Waals surface area contributed by atoms with Crippen LogP contribution in [0.25, 0.3) is 5.69 Å². The van der Waals surface area contributed by atoms with Crippen molar-refractivity contribution in [2.24, 2.45) is 0 Å². The van der Waals surface area contributed by atoms with Crippen molar-refractivity contribution in [2.45, 2.75) is 25.9 Å². The second-order valence-electron chi connectivity index (χ2n) is 8.25. The third-order valence-corrected chi connectivity index (χ3v) is 6.82. The van der Waals surface area contributed by atoms with E-state index < -0.39 is 5.82 Å². The lowest BCUT2D eigenvalue weighted by Gasteiger charge is -2.36. The molecule has 0 unspecified atom stereocenters. The number of nitrogens with zero attached hydrogens (tertiary/aromatic N) is 4. The third-order valence-electron chi connectivity index (χ3n) is 5.87. The zero-order valence-electron chi connectivity index (χ0n) is 19.0. The lowest BCUT2D eigenvalue weighted by Crippen LogP contribution is -2.49. The number of halogens is 1. The van der Waals surface area contributed by atoms with Crippen molar-refractivity contribution in [3.05, 3.63) is 71.3 Å². The standard InChI is InChI=1S/C25H27FN4O2S/c1-17-4-6-22(18(2)14-17)30-9-8-27-25(30)33-16-24(32)29-12-10-28(11-13-29)23-7-5-20(19(3)31)15-21(23)26/h4-9,14-15H,10-13,16H2,1-3H3. The van der Waals surface area contributed by atoms with Gasteiger partial charge in [0, 0.05) is 44.1 Å². The number of aryl methyl sites for hydroxylation is 2. The summed E-state index contributed by atoms with van der Waals surface area (Å²) in [6.45, 7) is 7.70. The van der Waals surface area contributed by atoms with Crippen LogP contribution in [0.2, 0.25) is 0 Å². The van der Waals surface area contributed by atoms with Crippen LogP contribution in [0.3, 0.4) is 0 Å². The van der Waals surface area contributed by atoms with E-state index in [4.69, 9.17) is 0 Å². The zero-order valence-corrected chi connectivity index (χ0v) is 19.9. The molecule has 0 atom stereocenters. The molecule has 1 fully saturated rings. The predicted octanol–water partition coefficient (Wildman–Crippen LogP) is 4.27. The van der Waals surface area contributed by atoms with Crippen LogP contribution in [-0.2, 0) is 4.79 Å². The number of aromatic nitrogens is 2. The molecule has 0 radical (unpaired) electrons. The molecule has 0 bridgehead atoms. The van der Waals surface area contributed by atoms with E-state index >= 15 is 0 Å². The van der Waals surface area contributed by atoms with Gasteiger partial charge in [-0.1, -0.05) is 29.5 Å². The summed E-state index contributed by atoms with van der Waals surface area (Å²) in [7, 11) is 0. The number of thioether (sulfide) groups is 1. The minimum Gasteiger partial charge on any atom is -0.366 e. The van der Waals surface area contributed by atoms with E-state index in [2.05, 4.69) is 37.0 Å². The number of carbonyl (C=O) groups excluding carboxylic acids is 2. The molecule has 1 aliphatic heterocycles. The van der Waals surface area contributed by atoms with Gasteiger partial charge in [0.25, 0.3) is 0 Å². The first-order valence-corrected chi connectivity index (χ1v) is 11.9. The SMILES string of the molecule is CC(=O)c1ccc(N2CCN(C(=O)CSc3nccn3-c3ccc(C)cc3C)CC2)c(F)c1. The molecule has 1 aromatic heterocycles. The van der Waals surface area contributed by atoms with Gasteiger partial charge in [0.15, 0.2) is 10.9 Å². The van der Waals surface area contributed by atoms with Crippen molar-refractivity contribution in [3.8, 4) is 5.69 Å². The Balaban J connectivity index is 1.34.